The summed E-state index contributed by atoms with van der Waals surface area (Å²) in [7, 11) is -0.724. The fourth-order valence-electron chi connectivity index (χ4n) is 1.70. The van der Waals surface area contributed by atoms with E-state index in [1.165, 1.54) is 0 Å². The molecule has 0 aliphatic carbocycles. The van der Waals surface area contributed by atoms with Crippen LogP contribution in [0, 0.1) is 0 Å². The molecule has 2 aromatic carbocycles. The molecule has 3 rings (SSSR count). The highest BCUT2D eigenvalue weighted by Crippen LogP contribution is 2.37. The Morgan fingerprint density at radius 1 is 0.632 bits per heavy atom. The van der Waals surface area contributed by atoms with E-state index >= 15 is 0 Å². The van der Waals surface area contributed by atoms with Crippen LogP contribution in [0.1, 0.15) is 0 Å². The molecule has 2 nitrogen and oxygen atoms in total. The Hall–Kier alpha value is -2.18. The van der Waals surface area contributed by atoms with E-state index in [4.69, 9.17) is 9.26 Å². The first-order valence-electron chi connectivity index (χ1n) is 6.04. The molecule has 0 N–H and O–H groups in total. The van der Waals surface area contributed by atoms with Gasteiger partial charge in [0, 0.05) is 5.80 Å². The lowest BCUT2D eigenvalue weighted by Gasteiger charge is -2.03. The number of hydrogen-bond donors (Lipinski definition) is 0. The maximum absolute atomic E-state index is 5.86. The van der Waals surface area contributed by atoms with Gasteiger partial charge in [0.1, 0.15) is 17.2 Å². The summed E-state index contributed by atoms with van der Waals surface area (Å²) in [4.78, 5) is 0. The number of rotatable bonds is 4. The van der Waals surface area contributed by atoms with Gasteiger partial charge in [0.05, 0.1) is 7.76 Å². The number of ether oxygens (including phenoxy) is 1. The van der Waals surface area contributed by atoms with Crippen molar-refractivity contribution in [3.05, 3.63) is 78.3 Å². The van der Waals surface area contributed by atoms with Crippen molar-refractivity contribution in [1.29, 1.82) is 0 Å². The van der Waals surface area contributed by atoms with Crippen molar-refractivity contribution in [3.63, 3.8) is 0 Å². The third-order valence-corrected chi connectivity index (χ3v) is 3.95. The van der Waals surface area contributed by atoms with Crippen molar-refractivity contribution in [2.45, 2.75) is 0 Å². The van der Waals surface area contributed by atoms with Crippen LogP contribution in [-0.4, -0.2) is 0 Å². The van der Waals surface area contributed by atoms with Gasteiger partial charge >= 0.3 is 0 Å². The summed E-state index contributed by atoms with van der Waals surface area (Å²) < 4.78 is 11.6. The van der Waals surface area contributed by atoms with Crippen LogP contribution in [0.3, 0.4) is 0 Å². The van der Waals surface area contributed by atoms with Gasteiger partial charge in [-0.2, -0.15) is 0 Å². The van der Waals surface area contributed by atoms with E-state index in [1.807, 2.05) is 78.3 Å². The number of benzene rings is 2. The quantitative estimate of drug-likeness (QED) is 0.638. The molecule has 0 aliphatic heterocycles. The van der Waals surface area contributed by atoms with Gasteiger partial charge in [0.2, 0.25) is 0 Å². The fourth-order valence-corrected chi connectivity index (χ4v) is 2.95. The first kappa shape index (κ1) is 11.9. The van der Waals surface area contributed by atoms with Crippen LogP contribution in [0.5, 0.6) is 17.2 Å². The molecule has 94 valence electrons. The van der Waals surface area contributed by atoms with E-state index < -0.39 is 7.76 Å². The fraction of sp³-hybridized carbons (Fsp3) is 0. The number of hydrogen-bond acceptors (Lipinski definition) is 2. The molecule has 3 heteroatoms. The largest absolute Gasteiger partial charge is 0.457 e. The van der Waals surface area contributed by atoms with Crippen LogP contribution >= 0.6 is 7.76 Å². The molecule has 0 aliphatic rings. The molecular weight excluding hydrogens is 255 g/mol. The van der Waals surface area contributed by atoms with Gasteiger partial charge in [0.25, 0.3) is 0 Å². The van der Waals surface area contributed by atoms with Crippen molar-refractivity contribution in [3.8, 4) is 17.2 Å². The van der Waals surface area contributed by atoms with Crippen LogP contribution in [0.4, 0.5) is 0 Å². The van der Waals surface area contributed by atoms with Crippen molar-refractivity contribution in [1.82, 2.24) is 0 Å². The molecule has 1 heterocycles. The molecule has 0 bridgehead atoms. The second kappa shape index (κ2) is 5.64. The maximum Gasteiger partial charge on any atom is 0.135 e. The van der Waals surface area contributed by atoms with E-state index in [1.54, 1.807) is 0 Å². The Kier molecular flexibility index (Phi) is 3.53. The van der Waals surface area contributed by atoms with E-state index in [9.17, 15) is 0 Å². The first-order valence-corrected chi connectivity index (χ1v) is 7.44. The van der Waals surface area contributed by atoms with Crippen LogP contribution in [-0.2, 0) is 0 Å². The topological polar surface area (TPSA) is 18.5 Å². The van der Waals surface area contributed by atoms with Crippen molar-refractivity contribution >= 4 is 7.76 Å². The van der Waals surface area contributed by atoms with Crippen molar-refractivity contribution < 1.29 is 9.26 Å². The van der Waals surface area contributed by atoms with Gasteiger partial charge in [-0.3, -0.25) is 0 Å². The molecule has 0 spiro atoms. The van der Waals surface area contributed by atoms with E-state index in [0.717, 1.165) is 17.2 Å². The zero-order valence-corrected chi connectivity index (χ0v) is 11.2. The maximum atomic E-state index is 5.86. The van der Waals surface area contributed by atoms with Crippen LogP contribution < -0.4 is 9.26 Å². The summed E-state index contributed by atoms with van der Waals surface area (Å²) in [5.41, 5.74) is 0. The zero-order chi connectivity index (χ0) is 12.9. The molecule has 1 atom stereocenters. The molecular formula is C16H13O2P. The van der Waals surface area contributed by atoms with Crippen molar-refractivity contribution in [2.75, 3.05) is 0 Å². The normalized spacial score (nSPS) is 11.1. The third-order valence-electron chi connectivity index (χ3n) is 2.57. The van der Waals surface area contributed by atoms with E-state index in [-0.39, 0.29) is 0 Å². The molecule has 0 fully saturated rings. The Morgan fingerprint density at radius 2 is 1.26 bits per heavy atom. The predicted molar refractivity (Wildman–Crippen MR) is 78.1 cm³/mol. The minimum atomic E-state index is -0.724. The summed E-state index contributed by atoms with van der Waals surface area (Å²) in [5, 5.41) is 0. The summed E-state index contributed by atoms with van der Waals surface area (Å²) in [6.45, 7) is 0. The van der Waals surface area contributed by atoms with Gasteiger partial charge in [-0.05, 0) is 36.1 Å². The minimum Gasteiger partial charge on any atom is -0.457 e. The Balaban J connectivity index is 1.70. The highest BCUT2D eigenvalue weighted by molar-refractivity contribution is 7.43. The SMILES string of the molecule is c1ccc(Oc2ccp(Oc3ccccc3)c2)cc1. The molecule has 0 saturated carbocycles. The van der Waals surface area contributed by atoms with Gasteiger partial charge in [-0.15, -0.1) is 0 Å². The second-order valence-electron chi connectivity index (χ2n) is 4.03. The lowest BCUT2D eigenvalue weighted by molar-refractivity contribution is 0.484. The molecule has 0 saturated heterocycles. The highest BCUT2D eigenvalue weighted by atomic mass is 31.1. The summed E-state index contributed by atoms with van der Waals surface area (Å²) in [6.07, 6.45) is 0. The monoisotopic (exact) mass is 268 g/mol. The second-order valence-corrected chi connectivity index (χ2v) is 5.49. The molecule has 1 unspecified atom stereocenters. The standard InChI is InChI=1S/C16H13O2P/c1-3-7-14(8-4-1)17-16-11-12-19(13-16)18-15-9-5-2-6-10-15/h1-13H. The molecule has 0 radical (unpaired) electrons. The molecule has 3 aromatic rings. The van der Waals surface area contributed by atoms with Gasteiger partial charge in [-0.1, -0.05) is 36.4 Å². The van der Waals surface area contributed by atoms with Gasteiger partial charge in [0.15, 0.2) is 0 Å². The Labute approximate surface area is 113 Å². The minimum absolute atomic E-state index is 0.724. The molecule has 1 aromatic heterocycles. The predicted octanol–water partition coefficient (Wildman–Crippen LogP) is 5.31. The highest BCUT2D eigenvalue weighted by Gasteiger charge is 2.02. The lowest BCUT2D eigenvalue weighted by Crippen LogP contribution is -1.79. The average molecular weight is 268 g/mol. The van der Waals surface area contributed by atoms with Crippen LogP contribution in [0.15, 0.2) is 78.3 Å². The van der Waals surface area contributed by atoms with E-state index in [0.29, 0.717) is 0 Å². The summed E-state index contributed by atoms with van der Waals surface area (Å²) in [6, 6.07) is 21.5. The Bertz CT molecular complexity index is 576. The van der Waals surface area contributed by atoms with Crippen molar-refractivity contribution in [2.24, 2.45) is 0 Å². The van der Waals surface area contributed by atoms with Gasteiger partial charge < -0.3 is 9.26 Å². The van der Waals surface area contributed by atoms with Crippen LogP contribution in [0.25, 0.3) is 0 Å². The average Bonchev–Trinajstić information content (AvgIpc) is 2.88. The van der Waals surface area contributed by atoms with Crippen LogP contribution in [0.2, 0.25) is 0 Å². The van der Waals surface area contributed by atoms with E-state index in [2.05, 4.69) is 0 Å². The molecule has 19 heavy (non-hydrogen) atoms. The summed E-state index contributed by atoms with van der Waals surface area (Å²) >= 11 is 0. The Morgan fingerprint density at radius 3 is 1.95 bits per heavy atom. The lowest BCUT2D eigenvalue weighted by atomic mass is 10.3. The number of para-hydroxylation sites is 2. The van der Waals surface area contributed by atoms with Gasteiger partial charge in [-0.25, -0.2) is 0 Å². The first-order chi connectivity index (χ1) is 9.40. The zero-order valence-electron chi connectivity index (χ0n) is 10.3. The molecule has 0 amide bonds. The summed E-state index contributed by atoms with van der Waals surface area (Å²) in [5.74, 6) is 6.63. The third kappa shape index (κ3) is 3.18. The smallest absolute Gasteiger partial charge is 0.135 e.